The summed E-state index contributed by atoms with van der Waals surface area (Å²) in [5.74, 6) is 0.0456. The first kappa shape index (κ1) is 15.5. The third kappa shape index (κ3) is 3.04. The standard InChI is InChI=1S/C15H21BrN2O2S/c1-15(2)12(8-13(15)18-3-5-20-6-4-18)17-14(19)11-7-10(16)9-21-11/h7,9,12-13H,3-6,8H2,1-2H3,(H,17,19). The van der Waals surface area contributed by atoms with Gasteiger partial charge < -0.3 is 10.1 Å². The second-order valence-corrected chi connectivity index (χ2v) is 8.20. The monoisotopic (exact) mass is 372 g/mol. The van der Waals surface area contributed by atoms with Crippen LogP contribution in [0.3, 0.4) is 0 Å². The van der Waals surface area contributed by atoms with Crippen LogP contribution in [0.15, 0.2) is 15.9 Å². The number of nitrogens with one attached hydrogen (secondary N) is 1. The van der Waals surface area contributed by atoms with Crippen LogP contribution in [0.5, 0.6) is 0 Å². The molecular formula is C15H21BrN2O2S. The maximum absolute atomic E-state index is 12.3. The van der Waals surface area contributed by atoms with Crippen molar-refractivity contribution >= 4 is 33.2 Å². The lowest BCUT2D eigenvalue weighted by atomic mass is 9.62. The fourth-order valence-electron chi connectivity index (χ4n) is 3.32. The van der Waals surface area contributed by atoms with E-state index in [9.17, 15) is 4.79 Å². The average molecular weight is 373 g/mol. The Morgan fingerprint density at radius 3 is 2.76 bits per heavy atom. The van der Waals surface area contributed by atoms with Gasteiger partial charge in [-0.05, 0) is 28.4 Å². The summed E-state index contributed by atoms with van der Waals surface area (Å²) in [5, 5.41) is 5.14. The Hall–Kier alpha value is -0.430. The van der Waals surface area contributed by atoms with Crippen LogP contribution in [-0.2, 0) is 4.74 Å². The minimum Gasteiger partial charge on any atom is -0.379 e. The maximum atomic E-state index is 12.3. The second kappa shape index (κ2) is 5.99. The number of rotatable bonds is 3. The largest absolute Gasteiger partial charge is 0.379 e. The SMILES string of the molecule is CC1(C)C(NC(=O)c2cc(Br)cs2)CC1N1CCOCC1. The van der Waals surface area contributed by atoms with Crippen molar-refractivity contribution in [3.8, 4) is 0 Å². The van der Waals surface area contributed by atoms with Crippen molar-refractivity contribution in [2.24, 2.45) is 5.41 Å². The highest BCUT2D eigenvalue weighted by Crippen LogP contribution is 2.44. The summed E-state index contributed by atoms with van der Waals surface area (Å²) in [5.41, 5.74) is 0.113. The Morgan fingerprint density at radius 1 is 1.48 bits per heavy atom. The van der Waals surface area contributed by atoms with Gasteiger partial charge in [-0.3, -0.25) is 9.69 Å². The number of hydrogen-bond acceptors (Lipinski definition) is 4. The van der Waals surface area contributed by atoms with E-state index in [0.717, 1.165) is 42.1 Å². The molecule has 4 nitrogen and oxygen atoms in total. The van der Waals surface area contributed by atoms with E-state index in [0.29, 0.717) is 6.04 Å². The normalized spacial score (nSPS) is 28.9. The molecule has 0 radical (unpaired) electrons. The topological polar surface area (TPSA) is 41.6 Å². The van der Waals surface area contributed by atoms with Gasteiger partial charge in [0.05, 0.1) is 18.1 Å². The molecule has 1 amide bonds. The first-order chi connectivity index (χ1) is 9.98. The second-order valence-electron chi connectivity index (χ2n) is 6.38. The van der Waals surface area contributed by atoms with Crippen LogP contribution in [0.1, 0.15) is 29.9 Å². The predicted octanol–water partition coefficient (Wildman–Crippen LogP) is 2.74. The van der Waals surface area contributed by atoms with Gasteiger partial charge in [0.15, 0.2) is 0 Å². The summed E-state index contributed by atoms with van der Waals surface area (Å²) in [4.78, 5) is 15.6. The molecule has 1 saturated carbocycles. The van der Waals surface area contributed by atoms with Crippen LogP contribution in [0.4, 0.5) is 0 Å². The highest BCUT2D eigenvalue weighted by Gasteiger charge is 2.51. The molecule has 0 aromatic carbocycles. The van der Waals surface area contributed by atoms with Gasteiger partial charge in [0.2, 0.25) is 0 Å². The van der Waals surface area contributed by atoms with Crippen molar-refractivity contribution in [2.45, 2.75) is 32.4 Å². The Morgan fingerprint density at radius 2 is 2.19 bits per heavy atom. The maximum Gasteiger partial charge on any atom is 0.261 e. The zero-order chi connectivity index (χ0) is 15.0. The Balaban J connectivity index is 1.59. The molecular weight excluding hydrogens is 352 g/mol. The Labute approximate surface area is 138 Å². The zero-order valence-electron chi connectivity index (χ0n) is 12.4. The molecule has 1 aromatic rings. The van der Waals surface area contributed by atoms with Gasteiger partial charge in [-0.15, -0.1) is 11.3 Å². The van der Waals surface area contributed by atoms with Crippen molar-refractivity contribution in [3.63, 3.8) is 0 Å². The van der Waals surface area contributed by atoms with Gasteiger partial charge in [0, 0.05) is 40.4 Å². The van der Waals surface area contributed by atoms with Crippen LogP contribution in [0, 0.1) is 5.41 Å². The summed E-state index contributed by atoms with van der Waals surface area (Å²) in [6.07, 6.45) is 1.03. The van der Waals surface area contributed by atoms with Gasteiger partial charge in [0.1, 0.15) is 0 Å². The smallest absolute Gasteiger partial charge is 0.261 e. The number of thiophene rings is 1. The van der Waals surface area contributed by atoms with E-state index < -0.39 is 0 Å². The number of amides is 1. The summed E-state index contributed by atoms with van der Waals surface area (Å²) in [6, 6.07) is 2.67. The fourth-order valence-corrected chi connectivity index (χ4v) is 4.65. The number of morpholine rings is 1. The molecule has 2 aliphatic rings. The van der Waals surface area contributed by atoms with E-state index in [1.807, 2.05) is 11.4 Å². The number of halogens is 1. The molecule has 1 aromatic heterocycles. The van der Waals surface area contributed by atoms with Crippen LogP contribution in [-0.4, -0.2) is 49.2 Å². The molecule has 0 bridgehead atoms. The van der Waals surface area contributed by atoms with E-state index >= 15 is 0 Å². The van der Waals surface area contributed by atoms with Crippen molar-refractivity contribution in [1.29, 1.82) is 0 Å². The number of carbonyl (C=O) groups is 1. The van der Waals surface area contributed by atoms with Crippen molar-refractivity contribution in [2.75, 3.05) is 26.3 Å². The molecule has 1 N–H and O–H groups in total. The molecule has 116 valence electrons. The third-order valence-corrected chi connectivity index (χ3v) is 6.49. The van der Waals surface area contributed by atoms with Crippen LogP contribution < -0.4 is 5.32 Å². The summed E-state index contributed by atoms with van der Waals surface area (Å²) in [6.45, 7) is 8.18. The molecule has 0 spiro atoms. The lowest BCUT2D eigenvalue weighted by Crippen LogP contribution is -2.67. The first-order valence-corrected chi connectivity index (χ1v) is 9.02. The third-order valence-electron chi connectivity index (χ3n) is 4.80. The van der Waals surface area contributed by atoms with Gasteiger partial charge >= 0.3 is 0 Å². The van der Waals surface area contributed by atoms with E-state index in [4.69, 9.17) is 4.74 Å². The van der Waals surface area contributed by atoms with E-state index in [1.165, 1.54) is 11.3 Å². The summed E-state index contributed by atoms with van der Waals surface area (Å²) < 4.78 is 6.39. The molecule has 1 aliphatic heterocycles. The Bertz CT molecular complexity index is 525. The summed E-state index contributed by atoms with van der Waals surface area (Å²) >= 11 is 4.87. The van der Waals surface area contributed by atoms with Crippen LogP contribution in [0.25, 0.3) is 0 Å². The van der Waals surface area contributed by atoms with Crippen LogP contribution >= 0.6 is 27.3 Å². The molecule has 3 rings (SSSR count). The van der Waals surface area contributed by atoms with Crippen molar-refractivity contribution < 1.29 is 9.53 Å². The number of ether oxygens (including phenoxy) is 1. The Kier molecular flexibility index (Phi) is 4.41. The molecule has 6 heteroatoms. The quantitative estimate of drug-likeness (QED) is 0.886. The predicted molar refractivity (Wildman–Crippen MR) is 87.9 cm³/mol. The first-order valence-electron chi connectivity index (χ1n) is 7.35. The molecule has 21 heavy (non-hydrogen) atoms. The molecule has 1 saturated heterocycles. The highest BCUT2D eigenvalue weighted by molar-refractivity contribution is 9.10. The molecule has 2 fully saturated rings. The number of hydrogen-bond donors (Lipinski definition) is 1. The minimum absolute atomic E-state index is 0.0456. The van der Waals surface area contributed by atoms with E-state index in [2.05, 4.69) is 40.0 Å². The van der Waals surface area contributed by atoms with Crippen molar-refractivity contribution in [3.05, 3.63) is 20.8 Å². The molecule has 1 aliphatic carbocycles. The van der Waals surface area contributed by atoms with Gasteiger partial charge in [-0.2, -0.15) is 0 Å². The minimum atomic E-state index is 0.0456. The molecule has 2 heterocycles. The lowest BCUT2D eigenvalue weighted by molar-refractivity contribution is -0.0750. The van der Waals surface area contributed by atoms with Gasteiger partial charge in [-0.25, -0.2) is 0 Å². The van der Waals surface area contributed by atoms with E-state index in [1.54, 1.807) is 0 Å². The van der Waals surface area contributed by atoms with Gasteiger partial charge in [-0.1, -0.05) is 13.8 Å². The average Bonchev–Trinajstić information content (AvgIpc) is 2.90. The zero-order valence-corrected chi connectivity index (χ0v) is 14.8. The lowest BCUT2D eigenvalue weighted by Gasteiger charge is -2.57. The highest BCUT2D eigenvalue weighted by atomic mass is 79.9. The summed E-state index contributed by atoms with van der Waals surface area (Å²) in [7, 11) is 0. The van der Waals surface area contributed by atoms with Gasteiger partial charge in [0.25, 0.3) is 5.91 Å². The van der Waals surface area contributed by atoms with Crippen molar-refractivity contribution in [1.82, 2.24) is 10.2 Å². The number of carbonyl (C=O) groups excluding carboxylic acids is 1. The number of nitrogens with zero attached hydrogens (tertiary/aromatic N) is 1. The van der Waals surface area contributed by atoms with E-state index in [-0.39, 0.29) is 17.4 Å². The molecule has 2 unspecified atom stereocenters. The fraction of sp³-hybridized carbons (Fsp3) is 0.667. The van der Waals surface area contributed by atoms with Crippen LogP contribution in [0.2, 0.25) is 0 Å². The molecule has 2 atom stereocenters.